The van der Waals surface area contributed by atoms with Crippen molar-refractivity contribution in [2.24, 2.45) is 5.11 Å². The van der Waals surface area contributed by atoms with Crippen molar-refractivity contribution in [3.05, 3.63) is 34.2 Å². The molecule has 0 spiro atoms. The van der Waals surface area contributed by atoms with E-state index in [-0.39, 0.29) is 13.3 Å². The van der Waals surface area contributed by atoms with Gasteiger partial charge in [0.05, 0.1) is 0 Å². The Labute approximate surface area is 94.3 Å². The number of fused-ring (bicyclic) bond motifs is 1. The van der Waals surface area contributed by atoms with E-state index < -0.39 is 0 Å². The van der Waals surface area contributed by atoms with Crippen LogP contribution in [0.3, 0.4) is 0 Å². The molecule has 0 saturated heterocycles. The van der Waals surface area contributed by atoms with Crippen molar-refractivity contribution in [2.45, 2.75) is 20.8 Å². The second kappa shape index (κ2) is 4.68. The summed E-state index contributed by atoms with van der Waals surface area (Å²) in [6.45, 7) is 2.25. The monoisotopic (exact) mass is 218 g/mol. The largest absolute Gasteiger partial charge is 0.312 e. The molecule has 5 heteroatoms. The van der Waals surface area contributed by atoms with Crippen LogP contribution < -0.4 is 4.90 Å². The van der Waals surface area contributed by atoms with E-state index in [0.29, 0.717) is 12.2 Å². The number of rotatable bonds is 1. The Bertz CT molecular complexity index is 463. The number of benzene rings is 1. The molecule has 0 aliphatic carbocycles. The predicted molar refractivity (Wildman–Crippen MR) is 63.7 cm³/mol. The molecular formula is C11H14N4O. The second-order valence-corrected chi connectivity index (χ2v) is 3.42. The minimum atomic E-state index is 0. The highest BCUT2D eigenvalue weighted by atomic mass is 16.2. The van der Waals surface area contributed by atoms with E-state index in [0.717, 1.165) is 17.7 Å². The number of nitrogens with zero attached hydrogens (tertiary/aromatic N) is 4. The van der Waals surface area contributed by atoms with Gasteiger partial charge in [-0.1, -0.05) is 24.7 Å². The number of carbonyl (C=O) groups is 1. The molecule has 84 valence electrons. The predicted octanol–water partition coefficient (Wildman–Crippen LogP) is 3.17. The van der Waals surface area contributed by atoms with Crippen LogP contribution in [0.15, 0.2) is 23.3 Å². The molecule has 0 bridgehead atoms. The quantitative estimate of drug-likeness (QED) is 0.405. The van der Waals surface area contributed by atoms with Crippen molar-refractivity contribution >= 4 is 17.3 Å². The van der Waals surface area contributed by atoms with Crippen LogP contribution in [0.2, 0.25) is 0 Å². The highest BCUT2D eigenvalue weighted by Gasteiger charge is 2.21. The Balaban J connectivity index is 0.00000128. The molecule has 1 aromatic rings. The Kier molecular flexibility index (Phi) is 3.53. The lowest BCUT2D eigenvalue weighted by molar-refractivity contribution is -0.116. The molecule has 0 aromatic heterocycles. The summed E-state index contributed by atoms with van der Waals surface area (Å²) >= 11 is 0. The summed E-state index contributed by atoms with van der Waals surface area (Å²) in [5, 5.41) is 3.52. The van der Waals surface area contributed by atoms with Crippen LogP contribution >= 0.6 is 0 Å². The molecule has 0 saturated carbocycles. The van der Waals surface area contributed by atoms with Gasteiger partial charge >= 0.3 is 0 Å². The highest BCUT2D eigenvalue weighted by molar-refractivity contribution is 5.94. The summed E-state index contributed by atoms with van der Waals surface area (Å²) in [6.07, 6.45) is 0.867. The van der Waals surface area contributed by atoms with E-state index in [4.69, 9.17) is 5.53 Å². The van der Waals surface area contributed by atoms with Crippen molar-refractivity contribution in [3.8, 4) is 0 Å². The van der Waals surface area contributed by atoms with Gasteiger partial charge in [-0.15, -0.1) is 0 Å². The van der Waals surface area contributed by atoms with Crippen LogP contribution in [0.4, 0.5) is 11.4 Å². The van der Waals surface area contributed by atoms with Crippen molar-refractivity contribution < 1.29 is 4.79 Å². The van der Waals surface area contributed by atoms with E-state index in [1.54, 1.807) is 17.0 Å². The third-order valence-electron chi connectivity index (χ3n) is 2.50. The second-order valence-electron chi connectivity index (χ2n) is 3.42. The van der Waals surface area contributed by atoms with E-state index in [2.05, 4.69) is 10.0 Å². The minimum absolute atomic E-state index is 0. The molecule has 1 heterocycles. The van der Waals surface area contributed by atoms with Gasteiger partial charge in [0.25, 0.3) is 0 Å². The third kappa shape index (κ3) is 1.99. The van der Waals surface area contributed by atoms with Crippen molar-refractivity contribution in [1.82, 2.24) is 0 Å². The number of carbonyl (C=O) groups excluding carboxylic acids is 1. The number of azide groups is 1. The smallest absolute Gasteiger partial charge is 0.223 e. The SMILES string of the molecule is C.CC(=O)N1CCc2ccc(N=[N+]=[N-])cc21. The molecule has 5 nitrogen and oxygen atoms in total. The lowest BCUT2D eigenvalue weighted by Gasteiger charge is -2.14. The van der Waals surface area contributed by atoms with Gasteiger partial charge in [0.2, 0.25) is 5.91 Å². The molecule has 1 aliphatic heterocycles. The van der Waals surface area contributed by atoms with Crippen LogP contribution in [-0.4, -0.2) is 12.5 Å². The van der Waals surface area contributed by atoms with Gasteiger partial charge in [-0.2, -0.15) is 0 Å². The van der Waals surface area contributed by atoms with Gasteiger partial charge in [-0.25, -0.2) is 0 Å². The Hall–Kier alpha value is -2.00. The summed E-state index contributed by atoms with van der Waals surface area (Å²) < 4.78 is 0. The number of hydrogen-bond donors (Lipinski definition) is 0. The number of anilines is 1. The van der Waals surface area contributed by atoms with E-state index >= 15 is 0 Å². The summed E-state index contributed by atoms with van der Waals surface area (Å²) in [7, 11) is 0. The Morgan fingerprint density at radius 2 is 2.31 bits per heavy atom. The number of hydrogen-bond acceptors (Lipinski definition) is 2. The summed E-state index contributed by atoms with van der Waals surface area (Å²) in [5.74, 6) is 0.0202. The van der Waals surface area contributed by atoms with E-state index in [9.17, 15) is 4.79 Å². The maximum atomic E-state index is 11.3. The molecule has 0 N–H and O–H groups in total. The fourth-order valence-corrected chi connectivity index (χ4v) is 1.81. The molecular weight excluding hydrogens is 204 g/mol. The summed E-state index contributed by atoms with van der Waals surface area (Å²) in [6, 6.07) is 5.42. The molecule has 0 atom stereocenters. The van der Waals surface area contributed by atoms with Gasteiger partial charge in [0.1, 0.15) is 0 Å². The molecule has 1 aliphatic rings. The topological polar surface area (TPSA) is 69.1 Å². The Morgan fingerprint density at radius 1 is 1.56 bits per heavy atom. The first-order valence-corrected chi connectivity index (χ1v) is 4.68. The maximum absolute atomic E-state index is 11.3. The maximum Gasteiger partial charge on any atom is 0.223 e. The zero-order chi connectivity index (χ0) is 10.8. The zero-order valence-electron chi connectivity index (χ0n) is 8.34. The number of amides is 1. The first-order valence-electron chi connectivity index (χ1n) is 4.68. The standard InChI is InChI=1S/C10H10N4O.CH4/c1-7(15)14-5-4-8-2-3-9(12-13-11)6-10(8)14;/h2-3,6H,4-5H2,1H3;1H4. The first-order chi connectivity index (χ1) is 7.22. The van der Waals surface area contributed by atoms with Crippen LogP contribution in [0.5, 0.6) is 0 Å². The van der Waals surface area contributed by atoms with Gasteiger partial charge in [0, 0.05) is 29.8 Å². The highest BCUT2D eigenvalue weighted by Crippen LogP contribution is 2.31. The van der Waals surface area contributed by atoms with Crippen molar-refractivity contribution in [2.75, 3.05) is 11.4 Å². The normalized spacial score (nSPS) is 12.4. The average Bonchev–Trinajstić information content (AvgIpc) is 2.61. The molecule has 1 amide bonds. The van der Waals surface area contributed by atoms with Crippen LogP contribution in [0.1, 0.15) is 19.9 Å². The fourth-order valence-electron chi connectivity index (χ4n) is 1.81. The van der Waals surface area contributed by atoms with E-state index in [1.807, 2.05) is 6.07 Å². The van der Waals surface area contributed by atoms with Crippen molar-refractivity contribution in [3.63, 3.8) is 0 Å². The molecule has 1 aromatic carbocycles. The fraction of sp³-hybridized carbons (Fsp3) is 0.364. The van der Waals surface area contributed by atoms with Gasteiger partial charge in [-0.05, 0) is 23.6 Å². The molecule has 0 unspecified atom stereocenters. The average molecular weight is 218 g/mol. The van der Waals surface area contributed by atoms with Gasteiger partial charge < -0.3 is 4.90 Å². The van der Waals surface area contributed by atoms with Crippen molar-refractivity contribution in [1.29, 1.82) is 0 Å². The molecule has 0 radical (unpaired) electrons. The van der Waals surface area contributed by atoms with E-state index in [1.165, 1.54) is 6.92 Å². The Morgan fingerprint density at radius 3 is 2.94 bits per heavy atom. The van der Waals surface area contributed by atoms with Gasteiger partial charge in [-0.3, -0.25) is 4.79 Å². The molecule has 0 fully saturated rings. The first kappa shape index (κ1) is 12.1. The van der Waals surface area contributed by atoms with Crippen LogP contribution in [0.25, 0.3) is 10.4 Å². The zero-order valence-corrected chi connectivity index (χ0v) is 8.34. The molecule has 2 rings (SSSR count). The minimum Gasteiger partial charge on any atom is -0.312 e. The lowest BCUT2D eigenvalue weighted by atomic mass is 10.1. The lowest BCUT2D eigenvalue weighted by Crippen LogP contribution is -2.25. The van der Waals surface area contributed by atoms with Crippen LogP contribution in [0, 0.1) is 0 Å². The third-order valence-corrected chi connectivity index (χ3v) is 2.50. The summed E-state index contributed by atoms with van der Waals surface area (Å²) in [4.78, 5) is 15.7. The van der Waals surface area contributed by atoms with Crippen LogP contribution in [-0.2, 0) is 11.2 Å². The van der Waals surface area contributed by atoms with Gasteiger partial charge in [0.15, 0.2) is 0 Å². The molecule has 16 heavy (non-hydrogen) atoms. The summed E-state index contributed by atoms with van der Waals surface area (Å²) in [5.41, 5.74) is 10.9.